The van der Waals surface area contributed by atoms with Gasteiger partial charge in [0.2, 0.25) is 0 Å². The van der Waals surface area contributed by atoms with E-state index in [4.69, 9.17) is 4.74 Å². The van der Waals surface area contributed by atoms with Crippen LogP contribution < -0.4 is 10.1 Å². The van der Waals surface area contributed by atoms with Crippen LogP contribution in [0, 0.1) is 0 Å². The van der Waals surface area contributed by atoms with Crippen LogP contribution >= 0.6 is 0 Å². The predicted molar refractivity (Wildman–Crippen MR) is 116 cm³/mol. The standard InChI is InChI=1S/C24H19N3O5/c1-26-22(29)23(30)27(24(26)31)15-16-10-12-17(13-11-16)21(28)25-18-6-5-9-20(14-18)32-19-7-3-2-4-8-19/h2-14H,15H2,1H3,(H,25,28). The van der Waals surface area contributed by atoms with Crippen molar-refractivity contribution in [3.05, 3.63) is 90.0 Å². The average Bonchev–Trinajstić information content (AvgIpc) is 2.98. The van der Waals surface area contributed by atoms with Crippen molar-refractivity contribution in [2.75, 3.05) is 12.4 Å². The number of benzene rings is 3. The number of hydrogen-bond donors (Lipinski definition) is 1. The number of para-hydroxylation sites is 1. The summed E-state index contributed by atoms with van der Waals surface area (Å²) in [5.41, 5.74) is 1.59. The van der Waals surface area contributed by atoms with Gasteiger partial charge in [0.1, 0.15) is 11.5 Å². The minimum atomic E-state index is -0.864. The third kappa shape index (κ3) is 4.34. The van der Waals surface area contributed by atoms with Crippen molar-refractivity contribution in [3.63, 3.8) is 0 Å². The van der Waals surface area contributed by atoms with E-state index >= 15 is 0 Å². The molecule has 0 aromatic heterocycles. The summed E-state index contributed by atoms with van der Waals surface area (Å²) in [7, 11) is 1.26. The summed E-state index contributed by atoms with van der Waals surface area (Å²) < 4.78 is 5.78. The number of imide groups is 2. The minimum Gasteiger partial charge on any atom is -0.457 e. The summed E-state index contributed by atoms with van der Waals surface area (Å²) in [6.07, 6.45) is 0. The summed E-state index contributed by atoms with van der Waals surface area (Å²) >= 11 is 0. The van der Waals surface area contributed by atoms with Gasteiger partial charge in [-0.15, -0.1) is 0 Å². The maximum Gasteiger partial charge on any atom is 0.334 e. The van der Waals surface area contributed by atoms with Crippen LogP contribution in [0.15, 0.2) is 78.9 Å². The van der Waals surface area contributed by atoms with Gasteiger partial charge < -0.3 is 10.1 Å². The van der Waals surface area contributed by atoms with E-state index in [2.05, 4.69) is 5.32 Å². The van der Waals surface area contributed by atoms with Crippen molar-refractivity contribution in [2.45, 2.75) is 6.54 Å². The second-order valence-electron chi connectivity index (χ2n) is 7.13. The number of nitrogens with one attached hydrogen (secondary N) is 1. The van der Waals surface area contributed by atoms with Gasteiger partial charge >= 0.3 is 17.8 Å². The summed E-state index contributed by atoms with van der Waals surface area (Å²) in [5.74, 6) is -0.767. The first-order valence-corrected chi connectivity index (χ1v) is 9.79. The van der Waals surface area contributed by atoms with E-state index in [0.29, 0.717) is 28.3 Å². The fourth-order valence-electron chi connectivity index (χ4n) is 3.16. The molecule has 0 atom stereocenters. The molecule has 1 aliphatic heterocycles. The maximum atomic E-state index is 12.6. The molecule has 0 unspecified atom stereocenters. The fourth-order valence-corrected chi connectivity index (χ4v) is 3.16. The molecule has 3 aromatic rings. The number of carbonyl (C=O) groups excluding carboxylic acids is 4. The molecule has 0 spiro atoms. The Labute approximate surface area is 184 Å². The Morgan fingerprint density at radius 3 is 2.19 bits per heavy atom. The number of hydrogen-bond acceptors (Lipinski definition) is 5. The number of amides is 5. The smallest absolute Gasteiger partial charge is 0.334 e. The van der Waals surface area contributed by atoms with Crippen LogP contribution in [0.1, 0.15) is 15.9 Å². The average molecular weight is 429 g/mol. The van der Waals surface area contributed by atoms with Crippen molar-refractivity contribution in [1.29, 1.82) is 0 Å². The molecule has 0 aliphatic carbocycles. The molecule has 5 amide bonds. The summed E-state index contributed by atoms with van der Waals surface area (Å²) in [6.45, 7) is -0.0471. The van der Waals surface area contributed by atoms with Gasteiger partial charge in [-0.3, -0.25) is 24.2 Å². The Morgan fingerprint density at radius 2 is 1.53 bits per heavy atom. The van der Waals surface area contributed by atoms with Crippen LogP contribution in [0.2, 0.25) is 0 Å². The monoisotopic (exact) mass is 429 g/mol. The SMILES string of the molecule is CN1C(=O)C(=O)N(Cc2ccc(C(=O)Nc3cccc(Oc4ccccc4)c3)cc2)C1=O. The summed E-state index contributed by atoms with van der Waals surface area (Å²) in [6, 6.07) is 22.1. The van der Waals surface area contributed by atoms with E-state index in [9.17, 15) is 19.2 Å². The van der Waals surface area contributed by atoms with E-state index in [1.807, 2.05) is 30.3 Å². The molecule has 3 aromatic carbocycles. The number of carbonyl (C=O) groups is 4. The number of likely N-dealkylation sites (N-methyl/N-ethyl adjacent to an activating group) is 1. The molecule has 32 heavy (non-hydrogen) atoms. The first-order chi connectivity index (χ1) is 15.4. The lowest BCUT2D eigenvalue weighted by Gasteiger charge is -2.13. The zero-order valence-electron chi connectivity index (χ0n) is 17.1. The lowest BCUT2D eigenvalue weighted by atomic mass is 10.1. The molecule has 1 N–H and O–H groups in total. The van der Waals surface area contributed by atoms with E-state index < -0.39 is 17.8 Å². The molecule has 4 rings (SSSR count). The Morgan fingerprint density at radius 1 is 0.844 bits per heavy atom. The molecule has 160 valence electrons. The van der Waals surface area contributed by atoms with Crippen molar-refractivity contribution in [1.82, 2.24) is 9.80 Å². The van der Waals surface area contributed by atoms with Gasteiger partial charge in [-0.25, -0.2) is 4.79 Å². The highest BCUT2D eigenvalue weighted by atomic mass is 16.5. The maximum absolute atomic E-state index is 12.6. The van der Waals surface area contributed by atoms with Gasteiger partial charge in [0.25, 0.3) is 5.91 Å². The van der Waals surface area contributed by atoms with Crippen molar-refractivity contribution in [3.8, 4) is 11.5 Å². The normalized spacial score (nSPS) is 13.5. The molecule has 0 radical (unpaired) electrons. The molecule has 0 bridgehead atoms. The quantitative estimate of drug-likeness (QED) is 0.477. The zero-order chi connectivity index (χ0) is 22.7. The number of rotatable bonds is 6. The van der Waals surface area contributed by atoms with Gasteiger partial charge in [0, 0.05) is 24.4 Å². The van der Waals surface area contributed by atoms with Crippen molar-refractivity contribution < 1.29 is 23.9 Å². The Kier molecular flexibility index (Phi) is 5.67. The van der Waals surface area contributed by atoms with Crippen LogP contribution in [0.3, 0.4) is 0 Å². The third-order valence-electron chi connectivity index (χ3n) is 4.88. The summed E-state index contributed by atoms with van der Waals surface area (Å²) in [5, 5.41) is 2.81. The molecule has 1 aliphatic rings. The van der Waals surface area contributed by atoms with E-state index in [-0.39, 0.29) is 12.5 Å². The van der Waals surface area contributed by atoms with Gasteiger partial charge in [0.15, 0.2) is 0 Å². The highest BCUT2D eigenvalue weighted by Crippen LogP contribution is 2.24. The second-order valence-corrected chi connectivity index (χ2v) is 7.13. The summed E-state index contributed by atoms with van der Waals surface area (Å²) in [4.78, 5) is 49.7. The Balaban J connectivity index is 1.40. The largest absolute Gasteiger partial charge is 0.457 e. The minimum absolute atomic E-state index is 0.0471. The van der Waals surface area contributed by atoms with E-state index in [0.717, 1.165) is 9.80 Å². The lowest BCUT2D eigenvalue weighted by Crippen LogP contribution is -2.31. The molecule has 1 heterocycles. The molecule has 1 saturated heterocycles. The molecule has 0 saturated carbocycles. The van der Waals surface area contributed by atoms with E-state index in [1.165, 1.54) is 7.05 Å². The topological polar surface area (TPSA) is 96.0 Å². The number of anilines is 1. The zero-order valence-corrected chi connectivity index (χ0v) is 17.1. The Hall–Kier alpha value is -4.46. The van der Waals surface area contributed by atoms with Gasteiger partial charge in [-0.1, -0.05) is 36.4 Å². The van der Waals surface area contributed by atoms with Crippen LogP contribution in [-0.2, 0) is 16.1 Å². The van der Waals surface area contributed by atoms with E-state index in [1.54, 1.807) is 48.5 Å². The van der Waals surface area contributed by atoms with Gasteiger partial charge in [0.05, 0.1) is 6.54 Å². The highest BCUT2D eigenvalue weighted by Gasteiger charge is 2.41. The fraction of sp³-hybridized carbons (Fsp3) is 0.0833. The molecule has 8 nitrogen and oxygen atoms in total. The van der Waals surface area contributed by atoms with Gasteiger partial charge in [-0.2, -0.15) is 0 Å². The molecule has 8 heteroatoms. The van der Waals surface area contributed by atoms with Crippen LogP contribution in [0.5, 0.6) is 11.5 Å². The van der Waals surface area contributed by atoms with Gasteiger partial charge in [-0.05, 0) is 42.0 Å². The molecular weight excluding hydrogens is 410 g/mol. The van der Waals surface area contributed by atoms with Crippen LogP contribution in [0.25, 0.3) is 0 Å². The Bertz CT molecular complexity index is 1190. The highest BCUT2D eigenvalue weighted by molar-refractivity contribution is 6.44. The molecular formula is C24H19N3O5. The second kappa shape index (κ2) is 8.73. The van der Waals surface area contributed by atoms with Crippen LogP contribution in [-0.4, -0.2) is 40.6 Å². The first-order valence-electron chi connectivity index (χ1n) is 9.79. The molecule has 1 fully saturated rings. The van der Waals surface area contributed by atoms with Crippen molar-refractivity contribution >= 4 is 29.4 Å². The number of ether oxygens (including phenoxy) is 1. The third-order valence-corrected chi connectivity index (χ3v) is 4.88. The predicted octanol–water partition coefficient (Wildman–Crippen LogP) is 3.65. The lowest BCUT2D eigenvalue weighted by molar-refractivity contribution is -0.143. The number of urea groups is 1. The number of nitrogens with zero attached hydrogens (tertiary/aromatic N) is 2. The van der Waals surface area contributed by atoms with Crippen molar-refractivity contribution in [2.24, 2.45) is 0 Å². The first kappa shape index (κ1) is 20.8. The van der Waals surface area contributed by atoms with Crippen LogP contribution in [0.4, 0.5) is 10.5 Å².